The Morgan fingerprint density at radius 1 is 0.676 bits per heavy atom. The van der Waals surface area contributed by atoms with E-state index in [0.717, 1.165) is 29.3 Å². The fourth-order valence-corrected chi connectivity index (χ4v) is 3.59. The molecular weight excluding hydrogens is 535 g/mol. The predicted molar refractivity (Wildman–Crippen MR) is 153 cm³/mol. The number of hydrogen-bond donors (Lipinski definition) is 4. The van der Waals surface area contributed by atoms with Crippen LogP contribution in [0.15, 0.2) is 89.4 Å². The third-order valence-corrected chi connectivity index (χ3v) is 5.80. The molecule has 0 unspecified atom stereocenters. The average Bonchev–Trinajstić information content (AvgIpc) is 2.87. The second-order valence-electron chi connectivity index (χ2n) is 7.77. The van der Waals surface area contributed by atoms with E-state index >= 15 is 0 Å². The lowest BCUT2D eigenvalue weighted by Crippen LogP contribution is -2.31. The molecular formula is C29H30BBrO6. The van der Waals surface area contributed by atoms with Crippen LogP contribution in [0.4, 0.5) is 0 Å². The van der Waals surface area contributed by atoms with Gasteiger partial charge in [-0.15, -0.1) is 0 Å². The number of aromatic hydroxyl groups is 2. The topological polar surface area (TPSA) is 115 Å². The molecule has 0 aromatic heterocycles. The Morgan fingerprint density at radius 2 is 1.19 bits per heavy atom. The molecule has 4 aromatic rings. The lowest BCUT2D eigenvalue weighted by atomic mass is 9.77. The average molecular weight is 565 g/mol. The minimum Gasteiger partial charge on any atom is -0.507 e. The third kappa shape index (κ3) is 9.35. The zero-order chi connectivity index (χ0) is 26.7. The first-order valence-corrected chi connectivity index (χ1v) is 11.7. The first kappa shape index (κ1) is 31.3. The molecule has 4 aromatic carbocycles. The Morgan fingerprint density at radius 3 is 1.68 bits per heavy atom. The summed E-state index contributed by atoms with van der Waals surface area (Å²) in [6.45, 7) is 3.82. The second kappa shape index (κ2) is 15.4. The van der Waals surface area contributed by atoms with Gasteiger partial charge in [-0.3, -0.25) is 9.59 Å². The zero-order valence-electron chi connectivity index (χ0n) is 19.8. The molecule has 0 atom stereocenters. The standard InChI is InChI=1S/C14H12O2.C7H9BO2.C7H5BrO2.CH4/c1-10-4-2-3-5-12(10)13-8-11(9-15)6-7-14(13)16;1-6-4-2-3-5-7(6)8(9)10;8-6-3-5(4-9)1-2-7(6)10;/h2-9,16H,1H3;2-5,9-10H,1H3;1-4,10H;1H4. The Balaban J connectivity index is 0.000000287. The van der Waals surface area contributed by atoms with Gasteiger partial charge in [-0.1, -0.05) is 61.5 Å². The van der Waals surface area contributed by atoms with E-state index in [-0.39, 0.29) is 18.9 Å². The molecule has 4 rings (SSSR count). The summed E-state index contributed by atoms with van der Waals surface area (Å²) in [6, 6.07) is 24.4. The quantitative estimate of drug-likeness (QED) is 0.193. The van der Waals surface area contributed by atoms with Gasteiger partial charge < -0.3 is 20.3 Å². The van der Waals surface area contributed by atoms with Gasteiger partial charge in [0.05, 0.1) is 4.47 Å². The summed E-state index contributed by atoms with van der Waals surface area (Å²) >= 11 is 3.08. The van der Waals surface area contributed by atoms with E-state index in [9.17, 15) is 14.7 Å². The number of benzene rings is 4. The molecule has 0 amide bonds. The van der Waals surface area contributed by atoms with Crippen molar-refractivity contribution in [2.24, 2.45) is 0 Å². The molecule has 37 heavy (non-hydrogen) atoms. The number of carbonyl (C=O) groups excluding carboxylic acids is 2. The molecule has 0 spiro atoms. The molecule has 0 aliphatic carbocycles. The van der Waals surface area contributed by atoms with Gasteiger partial charge in [-0.05, 0) is 82.8 Å². The molecule has 4 N–H and O–H groups in total. The van der Waals surface area contributed by atoms with Gasteiger partial charge >= 0.3 is 7.12 Å². The number of phenolic OH excluding ortho intramolecular Hbond substituents is 2. The van der Waals surface area contributed by atoms with Gasteiger partial charge in [-0.25, -0.2) is 0 Å². The second-order valence-corrected chi connectivity index (χ2v) is 8.62. The van der Waals surface area contributed by atoms with Crippen LogP contribution in [0.1, 0.15) is 39.3 Å². The maximum atomic E-state index is 10.7. The zero-order valence-corrected chi connectivity index (χ0v) is 21.4. The number of aryl methyl sites for hydroxylation is 2. The van der Waals surface area contributed by atoms with Crippen molar-refractivity contribution in [1.82, 2.24) is 0 Å². The highest BCUT2D eigenvalue weighted by Crippen LogP contribution is 2.31. The Kier molecular flexibility index (Phi) is 13.0. The summed E-state index contributed by atoms with van der Waals surface area (Å²) in [6.07, 6.45) is 1.51. The van der Waals surface area contributed by atoms with Crippen LogP contribution in [0, 0.1) is 13.8 Å². The fourth-order valence-electron chi connectivity index (χ4n) is 3.19. The van der Waals surface area contributed by atoms with E-state index < -0.39 is 7.12 Å². The number of phenols is 2. The summed E-state index contributed by atoms with van der Waals surface area (Å²) in [4.78, 5) is 20.9. The van der Waals surface area contributed by atoms with Crippen LogP contribution in [0.3, 0.4) is 0 Å². The lowest BCUT2D eigenvalue weighted by molar-refractivity contribution is 0.111. The van der Waals surface area contributed by atoms with Gasteiger partial charge in [0.1, 0.15) is 24.1 Å². The highest BCUT2D eigenvalue weighted by atomic mass is 79.9. The number of halogens is 1. The van der Waals surface area contributed by atoms with Gasteiger partial charge in [0.2, 0.25) is 0 Å². The summed E-state index contributed by atoms with van der Waals surface area (Å²) in [5.74, 6) is 0.338. The van der Waals surface area contributed by atoms with E-state index in [1.165, 1.54) is 6.07 Å². The number of rotatable bonds is 4. The summed E-state index contributed by atoms with van der Waals surface area (Å²) in [5.41, 5.74) is 5.30. The first-order chi connectivity index (χ1) is 17.2. The molecule has 0 radical (unpaired) electrons. The summed E-state index contributed by atoms with van der Waals surface area (Å²) in [5, 5.41) is 36.3. The third-order valence-electron chi connectivity index (χ3n) is 5.17. The number of carbonyl (C=O) groups is 2. The molecule has 0 aliphatic rings. The molecule has 6 nitrogen and oxygen atoms in total. The predicted octanol–water partition coefficient (Wildman–Crippen LogP) is 5.46. The van der Waals surface area contributed by atoms with Crippen LogP contribution in [-0.4, -0.2) is 40.0 Å². The Labute approximate surface area is 226 Å². The number of aldehydes is 2. The van der Waals surface area contributed by atoms with Crippen molar-refractivity contribution in [3.05, 3.63) is 112 Å². The molecule has 0 fully saturated rings. The minimum atomic E-state index is -1.35. The van der Waals surface area contributed by atoms with E-state index in [2.05, 4.69) is 15.9 Å². The maximum Gasteiger partial charge on any atom is 0.488 e. The van der Waals surface area contributed by atoms with Crippen molar-refractivity contribution >= 4 is 41.1 Å². The van der Waals surface area contributed by atoms with Crippen LogP contribution in [0.2, 0.25) is 0 Å². The van der Waals surface area contributed by atoms with Gasteiger partial charge in [0, 0.05) is 16.7 Å². The van der Waals surface area contributed by atoms with Crippen LogP contribution in [0.25, 0.3) is 11.1 Å². The van der Waals surface area contributed by atoms with E-state index in [1.54, 1.807) is 42.5 Å². The van der Waals surface area contributed by atoms with E-state index in [4.69, 9.17) is 15.2 Å². The SMILES string of the molecule is C.Cc1ccccc1-c1cc(C=O)ccc1O.Cc1ccccc1B(O)O.O=Cc1ccc(O)c(Br)c1. The monoisotopic (exact) mass is 564 g/mol. The normalized spacial score (nSPS) is 9.43. The lowest BCUT2D eigenvalue weighted by Gasteiger charge is -2.08. The molecule has 0 saturated carbocycles. The van der Waals surface area contributed by atoms with Crippen LogP contribution in [-0.2, 0) is 0 Å². The molecule has 0 heterocycles. The number of hydrogen-bond acceptors (Lipinski definition) is 6. The maximum absolute atomic E-state index is 10.7. The first-order valence-electron chi connectivity index (χ1n) is 10.9. The fraction of sp³-hybridized carbons (Fsp3) is 0.103. The van der Waals surface area contributed by atoms with Crippen molar-refractivity contribution in [2.45, 2.75) is 21.3 Å². The minimum absolute atomic E-state index is 0. The van der Waals surface area contributed by atoms with Crippen LogP contribution < -0.4 is 5.46 Å². The molecule has 0 aliphatic heterocycles. The molecule has 0 bridgehead atoms. The van der Waals surface area contributed by atoms with Crippen molar-refractivity contribution in [3.8, 4) is 22.6 Å². The van der Waals surface area contributed by atoms with Crippen LogP contribution in [0.5, 0.6) is 11.5 Å². The highest BCUT2D eigenvalue weighted by Gasteiger charge is 2.11. The van der Waals surface area contributed by atoms with Crippen molar-refractivity contribution in [3.63, 3.8) is 0 Å². The van der Waals surface area contributed by atoms with Crippen molar-refractivity contribution in [1.29, 1.82) is 0 Å². The van der Waals surface area contributed by atoms with Gasteiger partial charge in [0.25, 0.3) is 0 Å². The molecule has 192 valence electrons. The van der Waals surface area contributed by atoms with E-state index in [0.29, 0.717) is 26.6 Å². The molecule has 0 saturated heterocycles. The Bertz CT molecular complexity index is 1320. The van der Waals surface area contributed by atoms with E-state index in [1.807, 2.05) is 50.2 Å². The summed E-state index contributed by atoms with van der Waals surface area (Å²) < 4.78 is 0.539. The van der Waals surface area contributed by atoms with Gasteiger partial charge in [-0.2, -0.15) is 0 Å². The summed E-state index contributed by atoms with van der Waals surface area (Å²) in [7, 11) is -1.35. The van der Waals surface area contributed by atoms with Crippen molar-refractivity contribution in [2.75, 3.05) is 0 Å². The van der Waals surface area contributed by atoms with Crippen LogP contribution >= 0.6 is 15.9 Å². The Hall–Kier alpha value is -3.72. The highest BCUT2D eigenvalue weighted by molar-refractivity contribution is 9.10. The van der Waals surface area contributed by atoms with Crippen molar-refractivity contribution < 1.29 is 29.9 Å². The smallest absolute Gasteiger partial charge is 0.488 e. The van der Waals surface area contributed by atoms with Gasteiger partial charge in [0.15, 0.2) is 0 Å². The molecule has 8 heteroatoms. The largest absolute Gasteiger partial charge is 0.507 e.